The number of carboxylic acid groups (broad SMARTS) is 1. The molecule has 1 aromatic heterocycles. The number of nitrogens with zero attached hydrogens (tertiary/aromatic N) is 3. The van der Waals surface area contributed by atoms with Gasteiger partial charge in [-0.2, -0.15) is 0 Å². The van der Waals surface area contributed by atoms with Crippen LogP contribution in [-0.4, -0.2) is 69.4 Å². The van der Waals surface area contributed by atoms with Gasteiger partial charge in [0.1, 0.15) is 0 Å². The van der Waals surface area contributed by atoms with Crippen LogP contribution in [0, 0.1) is 6.92 Å². The summed E-state index contributed by atoms with van der Waals surface area (Å²) in [5.41, 5.74) is 1.70. The number of hydrogen-bond acceptors (Lipinski definition) is 5. The van der Waals surface area contributed by atoms with Gasteiger partial charge in [0.05, 0.1) is 5.69 Å². The zero-order chi connectivity index (χ0) is 20.9. The Kier molecular flexibility index (Phi) is 6.84. The summed E-state index contributed by atoms with van der Waals surface area (Å²) in [7, 11) is 0. The average Bonchev–Trinajstić information content (AvgIpc) is 3.08. The van der Waals surface area contributed by atoms with E-state index in [1.807, 2.05) is 17.2 Å². The number of rotatable bonds is 8. The average molecular weight is 402 g/mol. The van der Waals surface area contributed by atoms with E-state index in [2.05, 4.69) is 28.2 Å². The summed E-state index contributed by atoms with van der Waals surface area (Å²) in [4.78, 5) is 44.0. The van der Waals surface area contributed by atoms with E-state index in [9.17, 15) is 14.4 Å². The van der Waals surface area contributed by atoms with Gasteiger partial charge in [0.25, 0.3) is 0 Å². The highest BCUT2D eigenvalue weighted by atomic mass is 16.4. The molecule has 158 valence electrons. The van der Waals surface area contributed by atoms with Crippen molar-refractivity contribution in [3.05, 3.63) is 29.6 Å². The van der Waals surface area contributed by atoms with Gasteiger partial charge < -0.3 is 15.3 Å². The predicted molar refractivity (Wildman–Crippen MR) is 107 cm³/mol. The van der Waals surface area contributed by atoms with Gasteiger partial charge in [0.2, 0.25) is 11.8 Å². The fraction of sp³-hybridized carbons (Fsp3) is 0.619. The molecule has 0 radical (unpaired) electrons. The van der Waals surface area contributed by atoms with Crippen LogP contribution in [-0.2, 0) is 20.9 Å². The minimum Gasteiger partial charge on any atom is -0.481 e. The van der Waals surface area contributed by atoms with Crippen molar-refractivity contribution in [2.45, 2.75) is 57.5 Å². The molecule has 2 N–H and O–H groups in total. The minimum absolute atomic E-state index is 0.0000823. The molecule has 1 unspecified atom stereocenters. The van der Waals surface area contributed by atoms with Crippen molar-refractivity contribution in [2.24, 2.45) is 0 Å². The van der Waals surface area contributed by atoms with Gasteiger partial charge in [-0.05, 0) is 37.8 Å². The molecule has 0 bridgehead atoms. The van der Waals surface area contributed by atoms with E-state index in [1.54, 1.807) is 0 Å². The van der Waals surface area contributed by atoms with E-state index in [-0.39, 0.29) is 18.2 Å². The van der Waals surface area contributed by atoms with Crippen LogP contribution in [0.2, 0.25) is 0 Å². The second kappa shape index (κ2) is 9.35. The maximum absolute atomic E-state index is 12.7. The van der Waals surface area contributed by atoms with Crippen LogP contribution in [0.1, 0.15) is 49.8 Å². The number of aromatic nitrogens is 1. The van der Waals surface area contributed by atoms with Crippen molar-refractivity contribution in [3.8, 4) is 0 Å². The lowest BCUT2D eigenvalue weighted by Crippen LogP contribution is -2.49. The first-order valence-corrected chi connectivity index (χ1v) is 10.3. The Morgan fingerprint density at radius 3 is 2.55 bits per heavy atom. The van der Waals surface area contributed by atoms with E-state index in [0.29, 0.717) is 45.2 Å². The summed E-state index contributed by atoms with van der Waals surface area (Å²) in [6.07, 6.45) is 4.02. The molecule has 1 aromatic rings. The molecule has 3 rings (SSSR count). The van der Waals surface area contributed by atoms with Crippen molar-refractivity contribution in [1.82, 2.24) is 20.1 Å². The number of amides is 2. The highest BCUT2D eigenvalue weighted by Gasteiger charge is 2.38. The second-order valence-electron chi connectivity index (χ2n) is 8.15. The minimum atomic E-state index is -0.879. The van der Waals surface area contributed by atoms with Crippen LogP contribution in [0.4, 0.5) is 0 Å². The Bertz CT molecular complexity index is 761. The number of pyridine rings is 1. The maximum atomic E-state index is 12.7. The Morgan fingerprint density at radius 2 is 1.93 bits per heavy atom. The molecule has 0 spiro atoms. The quantitative estimate of drug-likeness (QED) is 0.680. The number of hydrogen-bond donors (Lipinski definition) is 2. The zero-order valence-corrected chi connectivity index (χ0v) is 17.0. The van der Waals surface area contributed by atoms with E-state index < -0.39 is 11.5 Å². The first-order chi connectivity index (χ1) is 13.9. The van der Waals surface area contributed by atoms with Crippen molar-refractivity contribution in [1.29, 1.82) is 0 Å². The van der Waals surface area contributed by atoms with Gasteiger partial charge >= 0.3 is 5.97 Å². The van der Waals surface area contributed by atoms with Crippen molar-refractivity contribution in [3.63, 3.8) is 0 Å². The number of carbonyl (C=O) groups is 3. The predicted octanol–water partition coefficient (Wildman–Crippen LogP) is 1.33. The van der Waals surface area contributed by atoms with Gasteiger partial charge in [-0.25, -0.2) is 0 Å². The van der Waals surface area contributed by atoms with Crippen LogP contribution in [0.5, 0.6) is 0 Å². The van der Waals surface area contributed by atoms with Crippen LogP contribution >= 0.6 is 0 Å². The van der Waals surface area contributed by atoms with Crippen LogP contribution < -0.4 is 5.32 Å². The zero-order valence-electron chi connectivity index (χ0n) is 17.0. The fourth-order valence-corrected chi connectivity index (χ4v) is 4.18. The SMILES string of the molecule is Cc1cccnc1CN1CCN(C(=O)CCC2(CCC(=O)O)CCC(=O)N2)CC1. The molecule has 1 atom stereocenters. The third-order valence-electron chi connectivity index (χ3n) is 6.09. The molecule has 2 aliphatic rings. The number of nitrogens with one attached hydrogen (secondary N) is 1. The summed E-state index contributed by atoms with van der Waals surface area (Å²) in [6, 6.07) is 4.00. The normalized spacial score (nSPS) is 22.5. The molecule has 0 saturated carbocycles. The largest absolute Gasteiger partial charge is 0.481 e. The topological polar surface area (TPSA) is 103 Å². The fourth-order valence-electron chi connectivity index (χ4n) is 4.18. The molecule has 2 amide bonds. The molecule has 2 aliphatic heterocycles. The molecule has 3 heterocycles. The number of aryl methyl sites for hydroxylation is 1. The van der Waals surface area contributed by atoms with Crippen molar-refractivity contribution in [2.75, 3.05) is 26.2 Å². The molecule has 2 fully saturated rings. The maximum Gasteiger partial charge on any atom is 0.303 e. The smallest absolute Gasteiger partial charge is 0.303 e. The monoisotopic (exact) mass is 402 g/mol. The third-order valence-corrected chi connectivity index (χ3v) is 6.09. The molecule has 0 aromatic carbocycles. The van der Waals surface area contributed by atoms with Gasteiger partial charge in [-0.15, -0.1) is 0 Å². The highest BCUT2D eigenvalue weighted by molar-refractivity contribution is 5.80. The molecule has 29 heavy (non-hydrogen) atoms. The van der Waals surface area contributed by atoms with Crippen LogP contribution in [0.15, 0.2) is 18.3 Å². The van der Waals surface area contributed by atoms with Gasteiger partial charge in [0, 0.05) is 63.7 Å². The number of carboxylic acids is 1. The Labute approximate surface area is 171 Å². The first-order valence-electron chi connectivity index (χ1n) is 10.3. The lowest BCUT2D eigenvalue weighted by atomic mass is 9.86. The lowest BCUT2D eigenvalue weighted by molar-refractivity contribution is -0.137. The lowest BCUT2D eigenvalue weighted by Gasteiger charge is -2.36. The number of piperazine rings is 1. The Hall–Kier alpha value is -2.48. The molecule has 2 saturated heterocycles. The third kappa shape index (κ3) is 5.76. The van der Waals surface area contributed by atoms with Crippen molar-refractivity contribution < 1.29 is 19.5 Å². The molecule has 8 heteroatoms. The second-order valence-corrected chi connectivity index (χ2v) is 8.15. The van der Waals surface area contributed by atoms with E-state index in [4.69, 9.17) is 5.11 Å². The Morgan fingerprint density at radius 1 is 1.21 bits per heavy atom. The summed E-state index contributed by atoms with van der Waals surface area (Å²) in [6.45, 7) is 5.83. The molecular formula is C21H30N4O4. The van der Waals surface area contributed by atoms with Crippen LogP contribution in [0.25, 0.3) is 0 Å². The molecular weight excluding hydrogens is 372 g/mol. The standard InChI is InChI=1S/C21H30N4O4/c1-16-3-2-10-22-17(16)15-24-11-13-25(14-12-24)19(27)5-8-21(9-6-20(28)29)7-4-18(26)23-21/h2-3,10H,4-9,11-15H2,1H3,(H,23,26)(H,28,29). The van der Waals surface area contributed by atoms with E-state index in [0.717, 1.165) is 25.3 Å². The summed E-state index contributed by atoms with van der Waals surface area (Å²) in [5, 5.41) is 11.9. The Balaban J connectivity index is 1.47. The first kappa shape index (κ1) is 21.2. The summed E-state index contributed by atoms with van der Waals surface area (Å²) in [5.74, 6) is -0.855. The summed E-state index contributed by atoms with van der Waals surface area (Å²) < 4.78 is 0. The van der Waals surface area contributed by atoms with E-state index >= 15 is 0 Å². The molecule has 8 nitrogen and oxygen atoms in total. The van der Waals surface area contributed by atoms with Gasteiger partial charge in [-0.3, -0.25) is 24.3 Å². The highest BCUT2D eigenvalue weighted by Crippen LogP contribution is 2.30. The summed E-state index contributed by atoms with van der Waals surface area (Å²) >= 11 is 0. The molecule has 0 aliphatic carbocycles. The number of aliphatic carboxylic acids is 1. The van der Waals surface area contributed by atoms with Gasteiger partial charge in [0.15, 0.2) is 0 Å². The van der Waals surface area contributed by atoms with Crippen molar-refractivity contribution >= 4 is 17.8 Å². The number of carbonyl (C=O) groups excluding carboxylic acids is 2. The van der Waals surface area contributed by atoms with Gasteiger partial charge in [-0.1, -0.05) is 6.07 Å². The van der Waals surface area contributed by atoms with E-state index in [1.165, 1.54) is 5.56 Å². The van der Waals surface area contributed by atoms with Crippen LogP contribution in [0.3, 0.4) is 0 Å².